The molecule has 2 rings (SSSR count). The van der Waals surface area contributed by atoms with Gasteiger partial charge in [0.05, 0.1) is 16.9 Å². The third kappa shape index (κ3) is 1.71. The van der Waals surface area contributed by atoms with Gasteiger partial charge in [-0.05, 0) is 19.1 Å². The molecule has 0 amide bonds. The lowest BCUT2D eigenvalue weighted by Gasteiger charge is -2.01. The third-order valence-electron chi connectivity index (χ3n) is 2.23. The number of halogens is 2. The summed E-state index contributed by atoms with van der Waals surface area (Å²) in [4.78, 5) is 10.6. The van der Waals surface area contributed by atoms with Crippen LogP contribution in [0.5, 0.6) is 0 Å². The highest BCUT2D eigenvalue weighted by Crippen LogP contribution is 2.14. The highest BCUT2D eigenvalue weighted by molar-refractivity contribution is 5.76. The third-order valence-corrected chi connectivity index (χ3v) is 2.23. The van der Waals surface area contributed by atoms with Crippen LogP contribution in [0.15, 0.2) is 24.4 Å². The number of benzene rings is 1. The number of aromatic nitrogens is 2. The Labute approximate surface area is 90.3 Å². The van der Waals surface area contributed by atoms with Crippen LogP contribution < -0.4 is 0 Å². The maximum atomic E-state index is 13.0. The van der Waals surface area contributed by atoms with Gasteiger partial charge in [0.1, 0.15) is 0 Å². The van der Waals surface area contributed by atoms with Crippen molar-refractivity contribution in [2.24, 2.45) is 0 Å². The Hall–Kier alpha value is -2.04. The Morgan fingerprint density at radius 3 is 2.62 bits per heavy atom. The summed E-state index contributed by atoms with van der Waals surface area (Å²) in [5, 5.41) is 4.02. The first-order chi connectivity index (χ1) is 7.61. The molecular formula is C11H8F2N2O. The second kappa shape index (κ2) is 3.84. The molecule has 1 aromatic carbocycles. The van der Waals surface area contributed by atoms with Crippen LogP contribution in [-0.2, 0) is 0 Å². The normalized spacial score (nSPS) is 10.4. The lowest BCUT2D eigenvalue weighted by molar-refractivity contribution is 0.112. The first kappa shape index (κ1) is 10.5. The highest BCUT2D eigenvalue weighted by Gasteiger charge is 2.07. The average Bonchev–Trinajstić information content (AvgIpc) is 2.64. The summed E-state index contributed by atoms with van der Waals surface area (Å²) >= 11 is 0. The van der Waals surface area contributed by atoms with Crippen molar-refractivity contribution < 1.29 is 13.6 Å². The fourth-order valence-corrected chi connectivity index (χ4v) is 1.35. The molecule has 0 N–H and O–H groups in total. The Kier molecular flexibility index (Phi) is 2.52. The summed E-state index contributed by atoms with van der Waals surface area (Å²) in [6.45, 7) is 1.67. The van der Waals surface area contributed by atoms with Gasteiger partial charge in [0.2, 0.25) is 0 Å². The minimum atomic E-state index is -0.946. The molecule has 0 saturated carbocycles. The molecule has 0 aliphatic rings. The largest absolute Gasteiger partial charge is 0.298 e. The maximum Gasteiger partial charge on any atom is 0.160 e. The minimum absolute atomic E-state index is 0.370. The van der Waals surface area contributed by atoms with E-state index in [0.717, 1.165) is 12.1 Å². The van der Waals surface area contributed by atoms with Crippen molar-refractivity contribution in [1.82, 2.24) is 9.78 Å². The molecule has 0 fully saturated rings. The number of carbonyl (C=O) groups is 1. The zero-order valence-corrected chi connectivity index (χ0v) is 8.45. The van der Waals surface area contributed by atoms with Gasteiger partial charge in [-0.2, -0.15) is 5.10 Å². The quantitative estimate of drug-likeness (QED) is 0.730. The zero-order valence-electron chi connectivity index (χ0n) is 8.45. The van der Waals surface area contributed by atoms with Gasteiger partial charge in [0.25, 0.3) is 0 Å². The minimum Gasteiger partial charge on any atom is -0.298 e. The van der Waals surface area contributed by atoms with Crippen LogP contribution in [-0.4, -0.2) is 16.1 Å². The number of nitrogens with zero attached hydrogens (tertiary/aromatic N) is 2. The van der Waals surface area contributed by atoms with Gasteiger partial charge in [0.15, 0.2) is 17.9 Å². The molecule has 5 heteroatoms. The first-order valence-corrected chi connectivity index (χ1v) is 4.58. The van der Waals surface area contributed by atoms with Crippen molar-refractivity contribution in [2.45, 2.75) is 6.92 Å². The summed E-state index contributed by atoms with van der Waals surface area (Å²) in [6.07, 6.45) is 2.13. The van der Waals surface area contributed by atoms with Crippen LogP contribution in [0.4, 0.5) is 8.78 Å². The number of rotatable bonds is 2. The van der Waals surface area contributed by atoms with Gasteiger partial charge in [-0.3, -0.25) is 4.79 Å². The van der Waals surface area contributed by atoms with E-state index in [4.69, 9.17) is 0 Å². The van der Waals surface area contributed by atoms with E-state index in [1.807, 2.05) is 0 Å². The van der Waals surface area contributed by atoms with E-state index in [0.29, 0.717) is 23.2 Å². The van der Waals surface area contributed by atoms with Gasteiger partial charge < -0.3 is 0 Å². The Balaban J connectivity index is 2.50. The smallest absolute Gasteiger partial charge is 0.160 e. The number of aldehydes is 1. The molecule has 1 heterocycles. The van der Waals surface area contributed by atoms with Crippen LogP contribution in [0.25, 0.3) is 5.69 Å². The molecule has 0 atom stereocenters. The van der Waals surface area contributed by atoms with E-state index in [9.17, 15) is 13.6 Å². The average molecular weight is 222 g/mol. The molecule has 3 nitrogen and oxygen atoms in total. The van der Waals surface area contributed by atoms with Crippen molar-refractivity contribution in [3.05, 3.63) is 47.3 Å². The lowest BCUT2D eigenvalue weighted by Crippen LogP contribution is -1.96. The fourth-order valence-electron chi connectivity index (χ4n) is 1.35. The van der Waals surface area contributed by atoms with Crippen molar-refractivity contribution in [3.8, 4) is 5.69 Å². The summed E-state index contributed by atoms with van der Waals surface area (Å²) in [5.74, 6) is -1.86. The second-order valence-electron chi connectivity index (χ2n) is 3.33. The molecule has 0 bridgehead atoms. The highest BCUT2D eigenvalue weighted by atomic mass is 19.2. The van der Waals surface area contributed by atoms with Crippen LogP contribution in [0, 0.1) is 18.6 Å². The number of hydrogen-bond acceptors (Lipinski definition) is 2. The molecule has 16 heavy (non-hydrogen) atoms. The predicted molar refractivity (Wildman–Crippen MR) is 53.6 cm³/mol. The second-order valence-corrected chi connectivity index (χ2v) is 3.33. The molecule has 1 aromatic heterocycles. The van der Waals surface area contributed by atoms with Crippen LogP contribution >= 0.6 is 0 Å². The van der Waals surface area contributed by atoms with E-state index < -0.39 is 11.6 Å². The summed E-state index contributed by atoms with van der Waals surface area (Å²) in [5.41, 5.74) is 1.33. The van der Waals surface area contributed by atoms with Gasteiger partial charge in [-0.15, -0.1) is 0 Å². The first-order valence-electron chi connectivity index (χ1n) is 4.58. The van der Waals surface area contributed by atoms with Crippen LogP contribution in [0.3, 0.4) is 0 Å². The van der Waals surface area contributed by atoms with Gasteiger partial charge in [0, 0.05) is 12.3 Å². The predicted octanol–water partition coefficient (Wildman–Crippen LogP) is 2.27. The molecule has 0 saturated heterocycles. The fraction of sp³-hybridized carbons (Fsp3) is 0.0909. The van der Waals surface area contributed by atoms with E-state index in [1.54, 1.807) is 6.92 Å². The van der Waals surface area contributed by atoms with Crippen molar-refractivity contribution in [2.75, 3.05) is 0 Å². The van der Waals surface area contributed by atoms with E-state index in [1.165, 1.54) is 16.9 Å². The van der Waals surface area contributed by atoms with Crippen molar-refractivity contribution >= 4 is 6.29 Å². The number of aryl methyl sites for hydroxylation is 1. The van der Waals surface area contributed by atoms with Gasteiger partial charge >= 0.3 is 0 Å². The maximum absolute atomic E-state index is 13.0. The standard InChI is InChI=1S/C11H8F2N2O/c1-7-8(6-16)5-15(14-7)9-2-3-10(12)11(13)4-9/h2-6H,1H3. The molecule has 82 valence electrons. The Morgan fingerprint density at radius 2 is 2.06 bits per heavy atom. The number of hydrogen-bond donors (Lipinski definition) is 0. The summed E-state index contributed by atoms with van der Waals surface area (Å²) < 4.78 is 27.0. The van der Waals surface area contributed by atoms with E-state index in [-0.39, 0.29) is 0 Å². The lowest BCUT2D eigenvalue weighted by atomic mass is 10.3. The van der Waals surface area contributed by atoms with Crippen LogP contribution in [0.2, 0.25) is 0 Å². The molecule has 0 unspecified atom stereocenters. The molecule has 0 aliphatic heterocycles. The molecular weight excluding hydrogens is 214 g/mol. The van der Waals surface area contributed by atoms with Gasteiger partial charge in [-0.25, -0.2) is 13.5 Å². The summed E-state index contributed by atoms with van der Waals surface area (Å²) in [6, 6.07) is 3.43. The Bertz CT molecular complexity index is 549. The molecule has 0 aliphatic carbocycles. The topological polar surface area (TPSA) is 34.9 Å². The summed E-state index contributed by atoms with van der Waals surface area (Å²) in [7, 11) is 0. The van der Waals surface area contributed by atoms with E-state index in [2.05, 4.69) is 5.10 Å². The monoisotopic (exact) mass is 222 g/mol. The molecule has 0 radical (unpaired) electrons. The van der Waals surface area contributed by atoms with E-state index >= 15 is 0 Å². The molecule has 0 spiro atoms. The van der Waals surface area contributed by atoms with Gasteiger partial charge in [-0.1, -0.05) is 0 Å². The molecule has 2 aromatic rings. The van der Waals surface area contributed by atoms with Crippen molar-refractivity contribution in [3.63, 3.8) is 0 Å². The SMILES string of the molecule is Cc1nn(-c2ccc(F)c(F)c2)cc1C=O. The Morgan fingerprint density at radius 1 is 1.31 bits per heavy atom. The van der Waals surface area contributed by atoms with Crippen LogP contribution in [0.1, 0.15) is 16.1 Å². The van der Waals surface area contributed by atoms with Crippen molar-refractivity contribution in [1.29, 1.82) is 0 Å². The zero-order chi connectivity index (χ0) is 11.7. The number of carbonyl (C=O) groups excluding carboxylic acids is 1.